The van der Waals surface area contributed by atoms with E-state index in [1.54, 1.807) is 13.2 Å². The van der Waals surface area contributed by atoms with Crippen LogP contribution >= 0.6 is 0 Å². The first kappa shape index (κ1) is 10.3. The summed E-state index contributed by atoms with van der Waals surface area (Å²) in [4.78, 5) is 11.5. The number of aryl methyl sites for hydroxylation is 1. The van der Waals surface area contributed by atoms with Crippen LogP contribution in [0.15, 0.2) is 6.20 Å². The normalized spacial score (nSPS) is 11.8. The van der Waals surface area contributed by atoms with Gasteiger partial charge in [-0.15, -0.1) is 11.5 Å². The van der Waals surface area contributed by atoms with E-state index in [-0.39, 0.29) is 17.6 Å². The molecule has 1 aromatic heterocycles. The summed E-state index contributed by atoms with van der Waals surface area (Å²) in [5.41, 5.74) is 0.279. The second-order valence-electron chi connectivity index (χ2n) is 2.88. The lowest BCUT2D eigenvalue weighted by molar-refractivity contribution is 0.0940. The van der Waals surface area contributed by atoms with Gasteiger partial charge in [-0.1, -0.05) is 18.1 Å². The molecule has 0 aliphatic carbocycles. The monoisotopic (exact) mass is 192 g/mol. The summed E-state index contributed by atoms with van der Waals surface area (Å²) in [6, 6.07) is -0.246. The van der Waals surface area contributed by atoms with Crippen molar-refractivity contribution in [2.75, 3.05) is 0 Å². The maximum Gasteiger partial charge on any atom is 0.274 e. The van der Waals surface area contributed by atoms with Crippen molar-refractivity contribution in [3.63, 3.8) is 0 Å². The van der Waals surface area contributed by atoms with Gasteiger partial charge in [-0.05, 0) is 6.42 Å². The number of carbonyl (C=O) groups is 1. The van der Waals surface area contributed by atoms with Gasteiger partial charge in [-0.3, -0.25) is 9.48 Å². The summed E-state index contributed by atoms with van der Waals surface area (Å²) >= 11 is 0. The highest BCUT2D eigenvalue weighted by Crippen LogP contribution is 1.94. The van der Waals surface area contributed by atoms with Crippen LogP contribution in [0.1, 0.15) is 23.8 Å². The molecule has 0 saturated carbocycles. The van der Waals surface area contributed by atoms with E-state index in [0.29, 0.717) is 6.42 Å². The molecule has 74 valence electrons. The Morgan fingerprint density at radius 1 is 1.86 bits per heavy atom. The molecular formula is C9H12N4O. The molecule has 0 aliphatic rings. The first-order valence-electron chi connectivity index (χ1n) is 4.30. The quantitative estimate of drug-likeness (QED) is 0.683. The van der Waals surface area contributed by atoms with Gasteiger partial charge in [0.1, 0.15) is 0 Å². The van der Waals surface area contributed by atoms with Crippen molar-refractivity contribution in [1.29, 1.82) is 0 Å². The van der Waals surface area contributed by atoms with Crippen molar-refractivity contribution < 1.29 is 4.79 Å². The summed E-state index contributed by atoms with van der Waals surface area (Å²) in [5.74, 6) is 2.18. The van der Waals surface area contributed by atoms with Gasteiger partial charge in [-0.25, -0.2) is 0 Å². The Bertz CT molecular complexity index is 363. The third kappa shape index (κ3) is 2.33. The number of aromatic nitrogens is 3. The van der Waals surface area contributed by atoms with Crippen LogP contribution in [0, 0.1) is 12.3 Å². The Morgan fingerprint density at radius 3 is 3.00 bits per heavy atom. The zero-order valence-electron chi connectivity index (χ0n) is 8.19. The third-order valence-corrected chi connectivity index (χ3v) is 1.75. The van der Waals surface area contributed by atoms with Crippen LogP contribution in [0.25, 0.3) is 0 Å². The third-order valence-electron chi connectivity index (χ3n) is 1.75. The van der Waals surface area contributed by atoms with Crippen LogP contribution in [0.4, 0.5) is 0 Å². The Labute approximate surface area is 82.5 Å². The molecule has 1 amide bonds. The van der Waals surface area contributed by atoms with E-state index in [9.17, 15) is 4.79 Å². The molecule has 1 aromatic rings. The number of hydrogen-bond donors (Lipinski definition) is 1. The fraction of sp³-hybridized carbons (Fsp3) is 0.444. The second-order valence-corrected chi connectivity index (χ2v) is 2.88. The average Bonchev–Trinajstić information content (AvgIpc) is 2.61. The van der Waals surface area contributed by atoms with Gasteiger partial charge in [0, 0.05) is 7.05 Å². The van der Waals surface area contributed by atoms with Crippen molar-refractivity contribution in [2.24, 2.45) is 7.05 Å². The standard InChI is InChI=1S/C9H12N4O/c1-4-7(5-2)10-9(14)8-6-13(3)12-11-8/h1,6-7H,5H2,2-3H3,(H,10,14)/t7-/m1/s1. The highest BCUT2D eigenvalue weighted by molar-refractivity contribution is 5.92. The number of rotatable bonds is 3. The summed E-state index contributed by atoms with van der Waals surface area (Å²) in [6.07, 6.45) is 7.45. The van der Waals surface area contributed by atoms with Crippen LogP contribution in [-0.4, -0.2) is 26.9 Å². The van der Waals surface area contributed by atoms with E-state index in [1.165, 1.54) is 4.68 Å². The van der Waals surface area contributed by atoms with Crippen LogP contribution < -0.4 is 5.32 Å². The zero-order valence-corrected chi connectivity index (χ0v) is 8.19. The topological polar surface area (TPSA) is 59.8 Å². The molecule has 0 aromatic carbocycles. The molecule has 0 bridgehead atoms. The maximum absolute atomic E-state index is 11.5. The van der Waals surface area contributed by atoms with Gasteiger partial charge >= 0.3 is 0 Å². The predicted octanol–water partition coefficient (Wildman–Crippen LogP) is -0.0433. The molecule has 0 radical (unpaired) electrons. The second kappa shape index (κ2) is 4.42. The molecule has 14 heavy (non-hydrogen) atoms. The SMILES string of the molecule is C#C[C@H](CC)NC(=O)c1cn(C)nn1. The molecule has 0 unspecified atom stereocenters. The Kier molecular flexibility index (Phi) is 3.24. The molecule has 1 N–H and O–H groups in total. The van der Waals surface area contributed by atoms with E-state index in [1.807, 2.05) is 6.92 Å². The molecule has 5 nitrogen and oxygen atoms in total. The van der Waals surface area contributed by atoms with Gasteiger partial charge in [0.25, 0.3) is 5.91 Å². The minimum Gasteiger partial charge on any atom is -0.337 e. The summed E-state index contributed by atoms with van der Waals surface area (Å²) < 4.78 is 1.46. The Morgan fingerprint density at radius 2 is 2.57 bits per heavy atom. The number of carbonyl (C=O) groups excluding carboxylic acids is 1. The number of hydrogen-bond acceptors (Lipinski definition) is 3. The van der Waals surface area contributed by atoms with Crippen molar-refractivity contribution in [1.82, 2.24) is 20.3 Å². The lowest BCUT2D eigenvalue weighted by Gasteiger charge is -2.07. The largest absolute Gasteiger partial charge is 0.337 e. The van der Waals surface area contributed by atoms with Crippen LogP contribution in [-0.2, 0) is 7.05 Å². The highest BCUT2D eigenvalue weighted by Gasteiger charge is 2.12. The summed E-state index contributed by atoms with van der Waals surface area (Å²) in [6.45, 7) is 1.90. The summed E-state index contributed by atoms with van der Waals surface area (Å²) in [7, 11) is 1.70. The smallest absolute Gasteiger partial charge is 0.274 e. The minimum atomic E-state index is -0.289. The number of amides is 1. The molecular weight excluding hydrogens is 180 g/mol. The molecule has 0 spiro atoms. The van der Waals surface area contributed by atoms with E-state index in [0.717, 1.165) is 0 Å². The van der Waals surface area contributed by atoms with Crippen molar-refractivity contribution in [3.05, 3.63) is 11.9 Å². The van der Waals surface area contributed by atoms with Gasteiger partial charge < -0.3 is 5.32 Å². The average molecular weight is 192 g/mol. The van der Waals surface area contributed by atoms with Crippen molar-refractivity contribution in [3.8, 4) is 12.3 Å². The molecule has 0 fully saturated rings. The van der Waals surface area contributed by atoms with Gasteiger partial charge in [-0.2, -0.15) is 0 Å². The molecule has 1 heterocycles. The van der Waals surface area contributed by atoms with E-state index in [2.05, 4.69) is 21.5 Å². The van der Waals surface area contributed by atoms with Crippen LogP contribution in [0.5, 0.6) is 0 Å². The summed E-state index contributed by atoms with van der Waals surface area (Å²) in [5, 5.41) is 9.98. The lowest BCUT2D eigenvalue weighted by Crippen LogP contribution is -2.33. The molecule has 0 saturated heterocycles. The fourth-order valence-corrected chi connectivity index (χ4v) is 0.945. The zero-order chi connectivity index (χ0) is 10.6. The van der Waals surface area contributed by atoms with Crippen LogP contribution in [0.2, 0.25) is 0 Å². The van der Waals surface area contributed by atoms with Crippen molar-refractivity contribution >= 4 is 5.91 Å². The molecule has 1 atom stereocenters. The molecule has 0 aliphatic heterocycles. The van der Waals surface area contributed by atoms with Gasteiger partial charge in [0.15, 0.2) is 5.69 Å². The van der Waals surface area contributed by atoms with Gasteiger partial charge in [0.05, 0.1) is 12.2 Å². The highest BCUT2D eigenvalue weighted by atomic mass is 16.2. The predicted molar refractivity (Wildman–Crippen MR) is 51.4 cm³/mol. The minimum absolute atomic E-state index is 0.246. The molecule has 5 heteroatoms. The number of nitrogens with zero attached hydrogens (tertiary/aromatic N) is 3. The fourth-order valence-electron chi connectivity index (χ4n) is 0.945. The maximum atomic E-state index is 11.5. The van der Waals surface area contributed by atoms with E-state index < -0.39 is 0 Å². The molecule has 1 rings (SSSR count). The van der Waals surface area contributed by atoms with Crippen LogP contribution in [0.3, 0.4) is 0 Å². The van der Waals surface area contributed by atoms with Crippen molar-refractivity contribution in [2.45, 2.75) is 19.4 Å². The number of nitrogens with one attached hydrogen (secondary N) is 1. The number of terminal acetylenes is 1. The van der Waals surface area contributed by atoms with Gasteiger partial charge in [0.2, 0.25) is 0 Å². The Hall–Kier alpha value is -1.83. The van der Waals surface area contributed by atoms with E-state index >= 15 is 0 Å². The lowest BCUT2D eigenvalue weighted by atomic mass is 10.2. The van der Waals surface area contributed by atoms with E-state index in [4.69, 9.17) is 6.42 Å². The first-order chi connectivity index (χ1) is 6.67. The Balaban J connectivity index is 2.64. The first-order valence-corrected chi connectivity index (χ1v) is 4.30.